The number of rotatable bonds is 2. The van der Waals surface area contributed by atoms with Crippen LogP contribution in [0.3, 0.4) is 0 Å². The number of amides is 3. The minimum Gasteiger partial charge on any atom is -0.339 e. The van der Waals surface area contributed by atoms with Crippen LogP contribution in [-0.4, -0.2) is 72.2 Å². The van der Waals surface area contributed by atoms with Gasteiger partial charge in [-0.1, -0.05) is 23.2 Å². The van der Waals surface area contributed by atoms with E-state index >= 15 is 0 Å². The lowest BCUT2D eigenvalue weighted by Gasteiger charge is -2.33. The summed E-state index contributed by atoms with van der Waals surface area (Å²) in [7, 11) is 1.99. The van der Waals surface area contributed by atoms with E-state index in [9.17, 15) is 14.4 Å². The standard InChI is InChI=1S/C15H15Cl2N3O3/c1-18-2-4-19(5-3-18)13(21)8-20-14(22)9-6-11(16)12(17)7-10(9)15(20)23/h6-7H,2-5,8H2,1H3. The van der Waals surface area contributed by atoms with Crippen molar-refractivity contribution in [2.45, 2.75) is 0 Å². The van der Waals surface area contributed by atoms with Crippen LogP contribution in [0.1, 0.15) is 20.7 Å². The van der Waals surface area contributed by atoms with E-state index in [1.165, 1.54) is 12.1 Å². The van der Waals surface area contributed by atoms with Crippen molar-refractivity contribution in [3.63, 3.8) is 0 Å². The Hall–Kier alpha value is -1.63. The summed E-state index contributed by atoms with van der Waals surface area (Å²) in [5.41, 5.74) is 0.381. The topological polar surface area (TPSA) is 60.9 Å². The van der Waals surface area contributed by atoms with Crippen LogP contribution in [0.15, 0.2) is 12.1 Å². The third kappa shape index (κ3) is 2.94. The first-order valence-corrected chi connectivity index (χ1v) is 7.95. The molecule has 1 fully saturated rings. The van der Waals surface area contributed by atoms with Crippen LogP contribution in [0.2, 0.25) is 10.0 Å². The van der Waals surface area contributed by atoms with Gasteiger partial charge in [0.1, 0.15) is 6.54 Å². The lowest BCUT2D eigenvalue weighted by molar-refractivity contribution is -0.133. The van der Waals surface area contributed by atoms with Crippen LogP contribution < -0.4 is 0 Å². The summed E-state index contributed by atoms with van der Waals surface area (Å²) in [6.07, 6.45) is 0. The molecule has 0 aromatic heterocycles. The molecular weight excluding hydrogens is 341 g/mol. The Labute approximate surface area is 143 Å². The maximum atomic E-state index is 12.4. The number of nitrogens with zero attached hydrogens (tertiary/aromatic N) is 3. The van der Waals surface area contributed by atoms with Crippen molar-refractivity contribution in [3.05, 3.63) is 33.3 Å². The first-order chi connectivity index (χ1) is 10.9. The monoisotopic (exact) mass is 355 g/mol. The maximum absolute atomic E-state index is 12.4. The van der Waals surface area contributed by atoms with Crippen molar-refractivity contribution >= 4 is 40.9 Å². The summed E-state index contributed by atoms with van der Waals surface area (Å²) < 4.78 is 0. The number of carbonyl (C=O) groups is 3. The quantitative estimate of drug-likeness (QED) is 0.751. The number of benzene rings is 1. The van der Waals surface area contributed by atoms with Gasteiger partial charge in [0.2, 0.25) is 5.91 Å². The van der Waals surface area contributed by atoms with Gasteiger partial charge in [0.15, 0.2) is 0 Å². The van der Waals surface area contributed by atoms with Gasteiger partial charge in [0, 0.05) is 26.2 Å². The van der Waals surface area contributed by atoms with Crippen LogP contribution in [0.25, 0.3) is 0 Å². The van der Waals surface area contributed by atoms with Gasteiger partial charge in [-0.15, -0.1) is 0 Å². The Morgan fingerprint density at radius 1 is 1.00 bits per heavy atom. The average molecular weight is 356 g/mol. The summed E-state index contributed by atoms with van der Waals surface area (Å²) >= 11 is 11.8. The number of hydrogen-bond donors (Lipinski definition) is 0. The third-order valence-corrected chi connectivity index (χ3v) is 4.88. The van der Waals surface area contributed by atoms with Crippen molar-refractivity contribution in [3.8, 4) is 0 Å². The minimum absolute atomic E-state index is 0.190. The summed E-state index contributed by atoms with van der Waals surface area (Å²) in [5.74, 6) is -1.25. The molecule has 0 spiro atoms. The van der Waals surface area contributed by atoms with E-state index in [1.807, 2.05) is 7.05 Å². The highest BCUT2D eigenvalue weighted by Gasteiger charge is 2.38. The van der Waals surface area contributed by atoms with E-state index < -0.39 is 11.8 Å². The maximum Gasteiger partial charge on any atom is 0.262 e. The molecule has 8 heteroatoms. The predicted octanol–water partition coefficient (Wildman–Crippen LogP) is 1.36. The molecule has 1 saturated heterocycles. The Morgan fingerprint density at radius 3 is 1.96 bits per heavy atom. The minimum atomic E-state index is -0.508. The lowest BCUT2D eigenvalue weighted by Crippen LogP contribution is -2.50. The van der Waals surface area contributed by atoms with Crippen LogP contribution in [0, 0.1) is 0 Å². The molecule has 122 valence electrons. The summed E-state index contributed by atoms with van der Waals surface area (Å²) in [5, 5.41) is 0.414. The van der Waals surface area contributed by atoms with Crippen molar-refractivity contribution in [2.24, 2.45) is 0 Å². The predicted molar refractivity (Wildman–Crippen MR) is 85.9 cm³/mol. The Morgan fingerprint density at radius 2 is 1.48 bits per heavy atom. The number of halogens is 2. The van der Waals surface area contributed by atoms with E-state index in [-0.39, 0.29) is 33.6 Å². The molecule has 3 amide bonds. The second kappa shape index (κ2) is 6.11. The zero-order valence-electron chi connectivity index (χ0n) is 12.5. The highest BCUT2D eigenvalue weighted by molar-refractivity contribution is 6.43. The van der Waals surface area contributed by atoms with Gasteiger partial charge in [0.05, 0.1) is 21.2 Å². The number of hydrogen-bond acceptors (Lipinski definition) is 4. The first kappa shape index (κ1) is 16.2. The molecule has 1 aromatic carbocycles. The van der Waals surface area contributed by atoms with Gasteiger partial charge in [0.25, 0.3) is 11.8 Å². The van der Waals surface area contributed by atoms with Crippen LogP contribution in [-0.2, 0) is 4.79 Å². The Bertz CT molecular complexity index is 658. The van der Waals surface area contributed by atoms with Crippen molar-refractivity contribution < 1.29 is 14.4 Å². The number of likely N-dealkylation sites (N-methyl/N-ethyl adjacent to an activating group) is 1. The molecule has 0 saturated carbocycles. The Balaban J connectivity index is 1.76. The van der Waals surface area contributed by atoms with Gasteiger partial charge in [-0.25, -0.2) is 0 Å². The fourth-order valence-electron chi connectivity index (χ4n) is 2.72. The molecule has 0 atom stereocenters. The highest BCUT2D eigenvalue weighted by atomic mass is 35.5. The second-order valence-corrected chi connectivity index (χ2v) is 6.51. The normalized spacial score (nSPS) is 18.6. The van der Waals surface area contributed by atoms with E-state index in [4.69, 9.17) is 23.2 Å². The largest absolute Gasteiger partial charge is 0.339 e. The third-order valence-electron chi connectivity index (χ3n) is 4.16. The van der Waals surface area contributed by atoms with Gasteiger partial charge < -0.3 is 9.80 Å². The zero-order valence-corrected chi connectivity index (χ0v) is 14.0. The number of carbonyl (C=O) groups excluding carboxylic acids is 3. The van der Waals surface area contributed by atoms with Crippen LogP contribution >= 0.6 is 23.2 Å². The van der Waals surface area contributed by atoms with Crippen molar-refractivity contribution in [1.82, 2.24) is 14.7 Å². The fraction of sp³-hybridized carbons (Fsp3) is 0.400. The van der Waals surface area contributed by atoms with E-state index in [0.29, 0.717) is 13.1 Å². The van der Waals surface area contributed by atoms with Gasteiger partial charge in [-0.3, -0.25) is 19.3 Å². The van der Waals surface area contributed by atoms with Gasteiger partial charge >= 0.3 is 0 Å². The molecule has 2 heterocycles. The van der Waals surface area contributed by atoms with Gasteiger partial charge in [-0.05, 0) is 19.2 Å². The van der Waals surface area contributed by atoms with Crippen LogP contribution in [0.4, 0.5) is 0 Å². The molecule has 1 aromatic rings. The molecular formula is C15H15Cl2N3O3. The van der Waals surface area contributed by atoms with Crippen molar-refractivity contribution in [2.75, 3.05) is 39.8 Å². The van der Waals surface area contributed by atoms with Crippen LogP contribution in [0.5, 0.6) is 0 Å². The summed E-state index contributed by atoms with van der Waals surface area (Å²) in [6, 6.07) is 2.75. The first-order valence-electron chi connectivity index (χ1n) is 7.20. The molecule has 0 aliphatic carbocycles. The zero-order chi connectivity index (χ0) is 16.7. The molecule has 0 radical (unpaired) electrons. The molecule has 0 unspecified atom stereocenters. The number of imide groups is 1. The van der Waals surface area contributed by atoms with E-state index in [0.717, 1.165) is 18.0 Å². The second-order valence-electron chi connectivity index (χ2n) is 5.69. The molecule has 2 aliphatic rings. The number of piperazine rings is 1. The van der Waals surface area contributed by atoms with Crippen molar-refractivity contribution in [1.29, 1.82) is 0 Å². The van der Waals surface area contributed by atoms with E-state index in [2.05, 4.69) is 4.90 Å². The molecule has 2 aliphatic heterocycles. The molecule has 23 heavy (non-hydrogen) atoms. The van der Waals surface area contributed by atoms with E-state index in [1.54, 1.807) is 4.90 Å². The lowest BCUT2D eigenvalue weighted by atomic mass is 10.1. The molecule has 0 N–H and O–H groups in total. The smallest absolute Gasteiger partial charge is 0.262 e. The van der Waals surface area contributed by atoms with Gasteiger partial charge in [-0.2, -0.15) is 0 Å². The molecule has 0 bridgehead atoms. The summed E-state index contributed by atoms with van der Waals surface area (Å²) in [4.78, 5) is 41.8. The highest BCUT2D eigenvalue weighted by Crippen LogP contribution is 2.31. The SMILES string of the molecule is CN1CCN(C(=O)CN2C(=O)c3cc(Cl)c(Cl)cc3C2=O)CC1. The molecule has 6 nitrogen and oxygen atoms in total. The Kier molecular flexibility index (Phi) is 4.31. The average Bonchev–Trinajstić information content (AvgIpc) is 2.73. The fourth-order valence-corrected chi connectivity index (χ4v) is 3.05. The number of fused-ring (bicyclic) bond motifs is 1. The molecule has 3 rings (SSSR count). The summed E-state index contributed by atoms with van der Waals surface area (Å²) in [6.45, 7) is 2.48.